The lowest BCUT2D eigenvalue weighted by atomic mass is 10.2. The van der Waals surface area contributed by atoms with Crippen molar-refractivity contribution in [3.8, 4) is 0 Å². The van der Waals surface area contributed by atoms with E-state index in [2.05, 4.69) is 32.2 Å². The van der Waals surface area contributed by atoms with Gasteiger partial charge >= 0.3 is 0 Å². The van der Waals surface area contributed by atoms with Crippen molar-refractivity contribution < 1.29 is 0 Å². The minimum atomic E-state index is 0.338. The minimum absolute atomic E-state index is 0.338. The molecule has 6 heteroatoms. The third kappa shape index (κ3) is 2.27. The number of fused-ring (bicyclic) bond motifs is 1. The highest BCUT2D eigenvalue weighted by atomic mass is 15.1. The van der Waals surface area contributed by atoms with E-state index in [9.17, 15) is 0 Å². The number of aromatic nitrogens is 4. The van der Waals surface area contributed by atoms with Crippen LogP contribution in [0.1, 0.15) is 19.8 Å². The largest absolute Gasteiger partial charge is 0.366 e. The zero-order chi connectivity index (χ0) is 11.4. The molecule has 0 spiro atoms. The number of nitrogens with two attached hydrogens (primary N) is 1. The third-order valence-electron chi connectivity index (χ3n) is 2.45. The van der Waals surface area contributed by atoms with Gasteiger partial charge in [0.2, 0.25) is 0 Å². The molecule has 86 valence electrons. The first-order valence-corrected chi connectivity index (χ1v) is 5.42. The van der Waals surface area contributed by atoms with Gasteiger partial charge in [0.15, 0.2) is 11.5 Å². The Balaban J connectivity index is 2.11. The molecule has 4 N–H and O–H groups in total. The molecule has 6 nitrogen and oxygen atoms in total. The molecule has 0 radical (unpaired) electrons. The minimum Gasteiger partial charge on any atom is -0.366 e. The van der Waals surface area contributed by atoms with Gasteiger partial charge in [-0.05, 0) is 26.3 Å². The molecule has 0 saturated heterocycles. The highest BCUT2D eigenvalue weighted by Crippen LogP contribution is 2.16. The van der Waals surface area contributed by atoms with Gasteiger partial charge in [0, 0.05) is 6.04 Å². The topological polar surface area (TPSA) is 92.5 Å². The Morgan fingerprint density at radius 2 is 2.31 bits per heavy atom. The predicted molar refractivity (Wildman–Crippen MR) is 63.1 cm³/mol. The highest BCUT2D eigenvalue weighted by Gasteiger charge is 2.08. The Kier molecular flexibility index (Phi) is 3.31. The van der Waals surface area contributed by atoms with Crippen molar-refractivity contribution >= 4 is 17.0 Å². The summed E-state index contributed by atoms with van der Waals surface area (Å²) >= 11 is 0. The van der Waals surface area contributed by atoms with Gasteiger partial charge in [0.05, 0.1) is 6.33 Å². The number of nitrogens with zero attached hydrogens (tertiary/aromatic N) is 3. The summed E-state index contributed by atoms with van der Waals surface area (Å²) in [5.74, 6) is 0.798. The van der Waals surface area contributed by atoms with E-state index in [0.29, 0.717) is 11.7 Å². The van der Waals surface area contributed by atoms with Crippen LogP contribution in [0.15, 0.2) is 12.7 Å². The smallest absolute Gasteiger partial charge is 0.182 e. The van der Waals surface area contributed by atoms with Gasteiger partial charge in [-0.3, -0.25) is 0 Å². The van der Waals surface area contributed by atoms with Crippen LogP contribution >= 0.6 is 0 Å². The quantitative estimate of drug-likeness (QED) is 0.696. The number of anilines is 1. The number of nitrogens with one attached hydrogen (secondary N) is 2. The fraction of sp³-hybridized carbons (Fsp3) is 0.500. The van der Waals surface area contributed by atoms with E-state index in [4.69, 9.17) is 5.73 Å². The first kappa shape index (κ1) is 10.8. The first-order valence-electron chi connectivity index (χ1n) is 5.42. The van der Waals surface area contributed by atoms with E-state index in [1.807, 2.05) is 0 Å². The maximum absolute atomic E-state index is 5.47. The molecule has 0 aliphatic heterocycles. The van der Waals surface area contributed by atoms with Crippen molar-refractivity contribution in [2.45, 2.75) is 25.8 Å². The number of hydrogen-bond acceptors (Lipinski definition) is 5. The molecule has 1 unspecified atom stereocenters. The number of rotatable bonds is 5. The fourth-order valence-corrected chi connectivity index (χ4v) is 1.60. The lowest BCUT2D eigenvalue weighted by molar-refractivity contribution is 0.661. The van der Waals surface area contributed by atoms with Gasteiger partial charge in [0.1, 0.15) is 11.8 Å². The van der Waals surface area contributed by atoms with Gasteiger partial charge < -0.3 is 16.0 Å². The molecule has 0 aliphatic carbocycles. The molecule has 2 rings (SSSR count). The second kappa shape index (κ2) is 4.89. The predicted octanol–water partition coefficient (Wildman–Crippen LogP) is 0.892. The van der Waals surface area contributed by atoms with E-state index >= 15 is 0 Å². The SMILES string of the molecule is CC(CCCN)Nc1ncnc2nc[nH]c12. The molecule has 2 aromatic rings. The van der Waals surface area contributed by atoms with Gasteiger partial charge in [-0.25, -0.2) is 15.0 Å². The fourth-order valence-electron chi connectivity index (χ4n) is 1.60. The summed E-state index contributed by atoms with van der Waals surface area (Å²) in [7, 11) is 0. The van der Waals surface area contributed by atoms with Crippen LogP contribution in [0, 0.1) is 0 Å². The molecule has 2 aromatic heterocycles. The van der Waals surface area contributed by atoms with E-state index < -0.39 is 0 Å². The van der Waals surface area contributed by atoms with Crippen LogP contribution in [0.4, 0.5) is 5.82 Å². The lowest BCUT2D eigenvalue weighted by Crippen LogP contribution is -2.17. The number of H-pyrrole nitrogens is 1. The number of aromatic amines is 1. The van der Waals surface area contributed by atoms with Crippen LogP contribution in [-0.4, -0.2) is 32.5 Å². The lowest BCUT2D eigenvalue weighted by Gasteiger charge is -2.13. The molecule has 0 saturated carbocycles. The van der Waals surface area contributed by atoms with Crippen molar-refractivity contribution in [1.82, 2.24) is 19.9 Å². The van der Waals surface area contributed by atoms with Gasteiger partial charge in [0.25, 0.3) is 0 Å². The van der Waals surface area contributed by atoms with Crippen molar-refractivity contribution in [3.05, 3.63) is 12.7 Å². The summed E-state index contributed by atoms with van der Waals surface area (Å²) in [4.78, 5) is 15.4. The maximum atomic E-state index is 5.47. The average molecular weight is 220 g/mol. The zero-order valence-electron chi connectivity index (χ0n) is 9.27. The van der Waals surface area contributed by atoms with Crippen LogP contribution in [0.25, 0.3) is 11.2 Å². The summed E-state index contributed by atoms with van der Waals surface area (Å²) in [5, 5.41) is 3.33. The summed E-state index contributed by atoms with van der Waals surface area (Å²) in [6.07, 6.45) is 5.16. The van der Waals surface area contributed by atoms with Crippen LogP contribution < -0.4 is 11.1 Å². The van der Waals surface area contributed by atoms with Crippen molar-refractivity contribution in [1.29, 1.82) is 0 Å². The van der Waals surface area contributed by atoms with Crippen molar-refractivity contribution in [3.63, 3.8) is 0 Å². The van der Waals surface area contributed by atoms with Crippen molar-refractivity contribution in [2.75, 3.05) is 11.9 Å². The molecule has 0 aliphatic rings. The molecule has 0 fully saturated rings. The highest BCUT2D eigenvalue weighted by molar-refractivity contribution is 5.81. The Bertz CT molecular complexity index is 451. The second-order valence-electron chi connectivity index (χ2n) is 3.80. The maximum Gasteiger partial charge on any atom is 0.182 e. The zero-order valence-corrected chi connectivity index (χ0v) is 9.27. The third-order valence-corrected chi connectivity index (χ3v) is 2.45. The van der Waals surface area contributed by atoms with Crippen LogP contribution in [0.2, 0.25) is 0 Å². The van der Waals surface area contributed by atoms with E-state index in [0.717, 1.165) is 30.7 Å². The molecule has 0 aromatic carbocycles. The summed E-state index contributed by atoms with van der Waals surface area (Å²) in [6, 6.07) is 0.338. The number of hydrogen-bond donors (Lipinski definition) is 3. The monoisotopic (exact) mass is 220 g/mol. The van der Waals surface area contributed by atoms with Gasteiger partial charge in [-0.1, -0.05) is 0 Å². The molecular weight excluding hydrogens is 204 g/mol. The first-order chi connectivity index (χ1) is 7.81. The Morgan fingerprint density at radius 3 is 3.12 bits per heavy atom. The Labute approximate surface area is 93.7 Å². The molecule has 0 bridgehead atoms. The molecular formula is C10H16N6. The van der Waals surface area contributed by atoms with E-state index in [1.165, 1.54) is 6.33 Å². The van der Waals surface area contributed by atoms with Crippen LogP contribution in [-0.2, 0) is 0 Å². The van der Waals surface area contributed by atoms with E-state index in [1.54, 1.807) is 6.33 Å². The van der Waals surface area contributed by atoms with E-state index in [-0.39, 0.29) is 0 Å². The number of imidazole rings is 1. The van der Waals surface area contributed by atoms with Gasteiger partial charge in [-0.2, -0.15) is 0 Å². The van der Waals surface area contributed by atoms with Crippen molar-refractivity contribution in [2.24, 2.45) is 5.73 Å². The Hall–Kier alpha value is -1.69. The second-order valence-corrected chi connectivity index (χ2v) is 3.80. The normalized spacial score (nSPS) is 12.9. The summed E-state index contributed by atoms with van der Waals surface area (Å²) in [6.45, 7) is 2.83. The molecule has 2 heterocycles. The Morgan fingerprint density at radius 1 is 1.44 bits per heavy atom. The standard InChI is InChI=1S/C10H16N6/c1-7(3-2-4-11)16-10-8-9(13-5-12-8)14-6-15-10/h5-7H,2-4,11H2,1H3,(H2,12,13,14,15,16). The van der Waals surface area contributed by atoms with Crippen LogP contribution in [0.3, 0.4) is 0 Å². The van der Waals surface area contributed by atoms with Gasteiger partial charge in [-0.15, -0.1) is 0 Å². The summed E-state index contributed by atoms with van der Waals surface area (Å²) in [5.41, 5.74) is 7.01. The summed E-state index contributed by atoms with van der Waals surface area (Å²) < 4.78 is 0. The molecule has 16 heavy (non-hydrogen) atoms. The van der Waals surface area contributed by atoms with Crippen LogP contribution in [0.5, 0.6) is 0 Å². The average Bonchev–Trinajstić information content (AvgIpc) is 2.75. The molecule has 0 amide bonds. The molecule has 1 atom stereocenters.